The summed E-state index contributed by atoms with van der Waals surface area (Å²) < 4.78 is 4.04. The van der Waals surface area contributed by atoms with Crippen LogP contribution in [0.3, 0.4) is 0 Å². The van der Waals surface area contributed by atoms with Crippen molar-refractivity contribution in [1.29, 1.82) is 0 Å². The van der Waals surface area contributed by atoms with Gasteiger partial charge in [-0.2, -0.15) is 0 Å². The highest BCUT2D eigenvalue weighted by atomic mass is 16.2. The Bertz CT molecular complexity index is 1210. The molecule has 5 heterocycles. The van der Waals surface area contributed by atoms with Crippen molar-refractivity contribution in [3.05, 3.63) is 72.4 Å². The van der Waals surface area contributed by atoms with Gasteiger partial charge in [0.1, 0.15) is 17.3 Å². The predicted molar refractivity (Wildman–Crippen MR) is 117 cm³/mol. The standard InChI is InChI=1S/C24H25N5O/c1-17-9-4-7-13-27(17)24(30)19-15-22(28-14-8-5-10-21(19)28)20-16-29(18(2)26-20)23-11-3-6-12-25-23/h3,5-6,8,10-12,14-17H,4,7,9,13H2,1-2H3. The highest BCUT2D eigenvalue weighted by Crippen LogP contribution is 2.29. The van der Waals surface area contributed by atoms with Gasteiger partial charge in [0.15, 0.2) is 0 Å². The van der Waals surface area contributed by atoms with Crippen molar-refractivity contribution in [2.75, 3.05) is 6.54 Å². The van der Waals surface area contributed by atoms with Gasteiger partial charge in [0, 0.05) is 31.2 Å². The molecule has 0 saturated carbocycles. The Kier molecular flexibility index (Phi) is 4.62. The molecule has 1 saturated heterocycles. The quantitative estimate of drug-likeness (QED) is 0.509. The molecule has 0 bridgehead atoms. The third-order valence-electron chi connectivity index (χ3n) is 6.01. The number of pyridine rings is 2. The van der Waals surface area contributed by atoms with Crippen molar-refractivity contribution in [2.45, 2.75) is 39.2 Å². The summed E-state index contributed by atoms with van der Waals surface area (Å²) in [5.74, 6) is 1.79. The molecule has 0 spiro atoms. The lowest BCUT2D eigenvalue weighted by molar-refractivity contribution is 0.0638. The first-order valence-electron chi connectivity index (χ1n) is 10.5. The molecule has 1 aliphatic rings. The number of rotatable bonds is 3. The van der Waals surface area contributed by atoms with Crippen LogP contribution in [-0.2, 0) is 0 Å². The third-order valence-corrected chi connectivity index (χ3v) is 6.01. The summed E-state index contributed by atoms with van der Waals surface area (Å²) in [6.45, 7) is 4.94. The minimum atomic E-state index is 0.109. The number of aryl methyl sites for hydroxylation is 1. The van der Waals surface area contributed by atoms with Gasteiger partial charge in [-0.3, -0.25) is 9.36 Å². The molecule has 4 aromatic rings. The Balaban J connectivity index is 1.61. The van der Waals surface area contributed by atoms with Crippen LogP contribution in [0.15, 0.2) is 61.1 Å². The zero-order valence-electron chi connectivity index (χ0n) is 17.3. The lowest BCUT2D eigenvalue weighted by atomic mass is 10.0. The van der Waals surface area contributed by atoms with Crippen LogP contribution in [-0.4, -0.2) is 42.3 Å². The molecule has 0 radical (unpaired) electrons. The highest BCUT2D eigenvalue weighted by Gasteiger charge is 2.27. The van der Waals surface area contributed by atoms with Crippen LogP contribution in [0.4, 0.5) is 0 Å². The number of hydrogen-bond donors (Lipinski definition) is 0. The lowest BCUT2D eigenvalue weighted by Crippen LogP contribution is -2.41. The molecule has 0 N–H and O–H groups in total. The Morgan fingerprint density at radius 1 is 1.13 bits per heavy atom. The molecule has 4 aromatic heterocycles. The van der Waals surface area contributed by atoms with Gasteiger partial charge in [-0.25, -0.2) is 9.97 Å². The summed E-state index contributed by atoms with van der Waals surface area (Å²) in [6, 6.07) is 14.1. The van der Waals surface area contributed by atoms with Crippen molar-refractivity contribution < 1.29 is 4.79 Å². The fraction of sp³-hybridized carbons (Fsp3) is 0.292. The molecule has 1 aliphatic heterocycles. The molecule has 6 nitrogen and oxygen atoms in total. The summed E-state index contributed by atoms with van der Waals surface area (Å²) in [4.78, 5) is 24.7. The second-order valence-electron chi connectivity index (χ2n) is 7.97. The van der Waals surface area contributed by atoms with Crippen LogP contribution < -0.4 is 0 Å². The largest absolute Gasteiger partial charge is 0.336 e. The number of likely N-dealkylation sites (tertiary alicyclic amines) is 1. The molecule has 0 aliphatic carbocycles. The maximum Gasteiger partial charge on any atom is 0.256 e. The number of carbonyl (C=O) groups is 1. The van der Waals surface area contributed by atoms with Crippen LogP contribution in [0.2, 0.25) is 0 Å². The van der Waals surface area contributed by atoms with Gasteiger partial charge in [-0.15, -0.1) is 0 Å². The molecule has 152 valence electrons. The molecule has 30 heavy (non-hydrogen) atoms. The number of imidazole rings is 1. The van der Waals surface area contributed by atoms with Crippen LogP contribution >= 0.6 is 0 Å². The first kappa shape index (κ1) is 18.6. The van der Waals surface area contributed by atoms with Gasteiger partial charge >= 0.3 is 0 Å². The van der Waals surface area contributed by atoms with Gasteiger partial charge < -0.3 is 9.30 Å². The lowest BCUT2D eigenvalue weighted by Gasteiger charge is -2.33. The average molecular weight is 399 g/mol. The monoisotopic (exact) mass is 399 g/mol. The first-order valence-corrected chi connectivity index (χ1v) is 10.5. The van der Waals surface area contributed by atoms with E-state index in [1.807, 2.05) is 71.2 Å². The molecular formula is C24H25N5O. The number of fused-ring (bicyclic) bond motifs is 1. The minimum Gasteiger partial charge on any atom is -0.336 e. The van der Waals surface area contributed by atoms with Crippen LogP contribution in [0, 0.1) is 6.92 Å². The van der Waals surface area contributed by atoms with Crippen molar-refractivity contribution >= 4 is 11.4 Å². The van der Waals surface area contributed by atoms with Crippen molar-refractivity contribution in [1.82, 2.24) is 23.8 Å². The molecule has 6 heteroatoms. The van der Waals surface area contributed by atoms with E-state index in [9.17, 15) is 4.79 Å². The molecule has 1 amide bonds. The van der Waals surface area contributed by atoms with Crippen molar-refractivity contribution in [3.8, 4) is 17.2 Å². The van der Waals surface area contributed by atoms with E-state index in [4.69, 9.17) is 4.98 Å². The van der Waals surface area contributed by atoms with Crippen LogP contribution in [0.5, 0.6) is 0 Å². The average Bonchev–Trinajstić information content (AvgIpc) is 3.35. The summed E-state index contributed by atoms with van der Waals surface area (Å²) in [5, 5.41) is 0. The Morgan fingerprint density at radius 2 is 2.00 bits per heavy atom. The topological polar surface area (TPSA) is 55.4 Å². The molecule has 1 atom stereocenters. The minimum absolute atomic E-state index is 0.109. The van der Waals surface area contributed by atoms with E-state index in [1.165, 1.54) is 6.42 Å². The SMILES string of the molecule is Cc1nc(-c2cc(C(=O)N3CCCCC3C)c3ccccn23)cn1-c1ccccn1. The molecule has 1 unspecified atom stereocenters. The number of carbonyl (C=O) groups excluding carboxylic acids is 1. The van der Waals surface area contributed by atoms with Crippen LogP contribution in [0.1, 0.15) is 42.4 Å². The normalized spacial score (nSPS) is 16.9. The predicted octanol–water partition coefficient (Wildman–Crippen LogP) is 4.51. The zero-order chi connectivity index (χ0) is 20.7. The number of piperidine rings is 1. The second kappa shape index (κ2) is 7.44. The van der Waals surface area contributed by atoms with Crippen molar-refractivity contribution in [2.24, 2.45) is 0 Å². The van der Waals surface area contributed by atoms with E-state index in [1.54, 1.807) is 6.20 Å². The first-order chi connectivity index (χ1) is 14.6. The Hall–Kier alpha value is -3.41. The van der Waals surface area contributed by atoms with Gasteiger partial charge in [-0.05, 0) is 63.4 Å². The maximum atomic E-state index is 13.4. The van der Waals surface area contributed by atoms with Gasteiger partial charge in [0.05, 0.1) is 16.8 Å². The molecule has 1 fully saturated rings. The van der Waals surface area contributed by atoms with Gasteiger partial charge in [-0.1, -0.05) is 12.1 Å². The summed E-state index contributed by atoms with van der Waals surface area (Å²) in [5.41, 5.74) is 3.39. The molecular weight excluding hydrogens is 374 g/mol. The van der Waals surface area contributed by atoms with E-state index in [0.29, 0.717) is 0 Å². The van der Waals surface area contributed by atoms with E-state index < -0.39 is 0 Å². The van der Waals surface area contributed by atoms with Crippen molar-refractivity contribution in [3.63, 3.8) is 0 Å². The number of hydrogen-bond acceptors (Lipinski definition) is 3. The Labute approximate surface area is 175 Å². The number of amides is 1. The number of aromatic nitrogens is 4. The number of nitrogens with zero attached hydrogens (tertiary/aromatic N) is 5. The van der Waals surface area contributed by atoms with E-state index in [2.05, 4.69) is 16.3 Å². The molecule has 0 aromatic carbocycles. The fourth-order valence-electron chi connectivity index (χ4n) is 4.40. The Morgan fingerprint density at radius 3 is 2.80 bits per heavy atom. The highest BCUT2D eigenvalue weighted by molar-refractivity contribution is 6.03. The van der Waals surface area contributed by atoms with E-state index in [0.717, 1.165) is 53.5 Å². The second-order valence-corrected chi connectivity index (χ2v) is 7.97. The van der Waals surface area contributed by atoms with Crippen LogP contribution in [0.25, 0.3) is 22.7 Å². The summed E-state index contributed by atoms with van der Waals surface area (Å²) in [6.07, 6.45) is 9.09. The molecule has 5 rings (SSSR count). The third kappa shape index (κ3) is 3.09. The van der Waals surface area contributed by atoms with E-state index >= 15 is 0 Å². The summed E-state index contributed by atoms with van der Waals surface area (Å²) in [7, 11) is 0. The summed E-state index contributed by atoms with van der Waals surface area (Å²) >= 11 is 0. The van der Waals surface area contributed by atoms with Gasteiger partial charge in [0.25, 0.3) is 5.91 Å². The van der Waals surface area contributed by atoms with Gasteiger partial charge in [0.2, 0.25) is 0 Å². The van der Waals surface area contributed by atoms with E-state index in [-0.39, 0.29) is 11.9 Å². The zero-order valence-corrected chi connectivity index (χ0v) is 17.3. The fourth-order valence-corrected chi connectivity index (χ4v) is 4.40. The smallest absolute Gasteiger partial charge is 0.256 e. The maximum absolute atomic E-state index is 13.4.